The number of thiocarbonyl (C=S) groups is 1. The van der Waals surface area contributed by atoms with Crippen molar-refractivity contribution >= 4 is 40.5 Å². The van der Waals surface area contributed by atoms with Crippen LogP contribution in [0, 0.1) is 6.92 Å². The molecule has 4 rings (SSSR count). The first-order valence-corrected chi connectivity index (χ1v) is 12.3. The minimum Gasteiger partial charge on any atom is -0.497 e. The highest BCUT2D eigenvalue weighted by molar-refractivity contribution is 7.80. The van der Waals surface area contributed by atoms with Gasteiger partial charge in [-0.05, 0) is 79.3 Å². The summed E-state index contributed by atoms with van der Waals surface area (Å²) in [6, 6.07) is 20.4. The molecule has 8 nitrogen and oxygen atoms in total. The predicted octanol–water partition coefficient (Wildman–Crippen LogP) is 4.10. The number of rotatable bonds is 6. The van der Waals surface area contributed by atoms with Crippen LogP contribution in [0.5, 0.6) is 11.5 Å². The first kappa shape index (κ1) is 26.0. The standard InChI is InChI=1S/C28H30N4O4S/c1-19-5-4-6-24(25(19)36-3)26(33)30-28(37)29-21-9-11-22(12-10-21)31-15-17-32(18-16-31)27(34)20-7-13-23(35-2)14-8-20/h4-14H,15-18H2,1-3H3,(H2,29,30,33,37). The number of piperazine rings is 1. The van der Waals surface area contributed by atoms with Crippen molar-refractivity contribution in [3.63, 3.8) is 0 Å². The fourth-order valence-electron chi connectivity index (χ4n) is 4.27. The summed E-state index contributed by atoms with van der Waals surface area (Å²) in [7, 11) is 3.14. The van der Waals surface area contributed by atoms with Gasteiger partial charge in [0.15, 0.2) is 5.11 Å². The first-order valence-electron chi connectivity index (χ1n) is 11.9. The van der Waals surface area contributed by atoms with Gasteiger partial charge in [-0.2, -0.15) is 0 Å². The van der Waals surface area contributed by atoms with Crippen LogP contribution < -0.4 is 25.0 Å². The van der Waals surface area contributed by atoms with Crippen molar-refractivity contribution in [2.75, 3.05) is 50.6 Å². The van der Waals surface area contributed by atoms with E-state index in [1.807, 2.05) is 42.2 Å². The van der Waals surface area contributed by atoms with Gasteiger partial charge in [0.05, 0.1) is 19.8 Å². The Morgan fingerprint density at radius 1 is 0.865 bits per heavy atom. The van der Waals surface area contributed by atoms with E-state index in [0.717, 1.165) is 35.8 Å². The number of ether oxygens (including phenoxy) is 2. The van der Waals surface area contributed by atoms with Crippen LogP contribution in [0.15, 0.2) is 66.7 Å². The molecule has 1 aliphatic heterocycles. The lowest BCUT2D eigenvalue weighted by Crippen LogP contribution is -2.48. The normalized spacial score (nSPS) is 13.1. The third kappa shape index (κ3) is 6.18. The van der Waals surface area contributed by atoms with Crippen LogP contribution >= 0.6 is 12.2 Å². The second-order valence-corrected chi connectivity index (χ2v) is 9.03. The average molecular weight is 519 g/mol. The number of aryl methyl sites for hydroxylation is 1. The van der Waals surface area contributed by atoms with Crippen LogP contribution in [-0.4, -0.2) is 62.2 Å². The number of hydrogen-bond acceptors (Lipinski definition) is 6. The molecule has 1 saturated heterocycles. The molecule has 0 aromatic heterocycles. The topological polar surface area (TPSA) is 83.1 Å². The molecule has 9 heteroatoms. The summed E-state index contributed by atoms with van der Waals surface area (Å²) in [5.74, 6) is 0.948. The van der Waals surface area contributed by atoms with Gasteiger partial charge in [0.1, 0.15) is 11.5 Å². The number of nitrogens with zero attached hydrogens (tertiary/aromatic N) is 2. The molecule has 192 valence electrons. The Balaban J connectivity index is 1.29. The lowest BCUT2D eigenvalue weighted by molar-refractivity contribution is 0.0746. The zero-order valence-corrected chi connectivity index (χ0v) is 21.9. The van der Waals surface area contributed by atoms with Gasteiger partial charge in [-0.3, -0.25) is 14.9 Å². The number of amides is 2. The molecule has 0 atom stereocenters. The third-order valence-electron chi connectivity index (χ3n) is 6.28. The maximum atomic E-state index is 12.8. The number of carbonyl (C=O) groups is 2. The highest BCUT2D eigenvalue weighted by Crippen LogP contribution is 2.23. The van der Waals surface area contributed by atoms with Gasteiger partial charge in [-0.15, -0.1) is 0 Å². The van der Waals surface area contributed by atoms with Crippen molar-refractivity contribution in [2.24, 2.45) is 0 Å². The molecular formula is C28H30N4O4S. The summed E-state index contributed by atoms with van der Waals surface area (Å²) in [5, 5.41) is 5.96. The van der Waals surface area contributed by atoms with Crippen molar-refractivity contribution in [2.45, 2.75) is 6.92 Å². The van der Waals surface area contributed by atoms with E-state index in [4.69, 9.17) is 21.7 Å². The molecule has 1 aliphatic rings. The molecule has 0 radical (unpaired) electrons. The van der Waals surface area contributed by atoms with Crippen LogP contribution in [0.4, 0.5) is 11.4 Å². The van der Waals surface area contributed by atoms with E-state index in [2.05, 4.69) is 15.5 Å². The Kier molecular flexibility index (Phi) is 8.25. The lowest BCUT2D eigenvalue weighted by atomic mass is 10.1. The Hall–Kier alpha value is -4.11. The first-order chi connectivity index (χ1) is 17.9. The van der Waals surface area contributed by atoms with E-state index < -0.39 is 0 Å². The second-order valence-electron chi connectivity index (χ2n) is 8.62. The lowest BCUT2D eigenvalue weighted by Gasteiger charge is -2.36. The van der Waals surface area contributed by atoms with Crippen LogP contribution in [-0.2, 0) is 0 Å². The van der Waals surface area contributed by atoms with Gasteiger partial charge in [0.25, 0.3) is 11.8 Å². The monoisotopic (exact) mass is 518 g/mol. The summed E-state index contributed by atoms with van der Waals surface area (Å²) >= 11 is 5.34. The quantitative estimate of drug-likeness (QED) is 0.476. The molecule has 2 amide bonds. The summed E-state index contributed by atoms with van der Waals surface area (Å²) in [6.07, 6.45) is 0. The van der Waals surface area contributed by atoms with Gasteiger partial charge < -0.3 is 24.6 Å². The number of benzene rings is 3. The molecule has 2 N–H and O–H groups in total. The van der Waals surface area contributed by atoms with Gasteiger partial charge in [0, 0.05) is 43.1 Å². The number of anilines is 2. The van der Waals surface area contributed by atoms with Crippen LogP contribution in [0.2, 0.25) is 0 Å². The summed E-state index contributed by atoms with van der Waals surface area (Å²) in [5.41, 5.74) is 3.77. The maximum Gasteiger partial charge on any atom is 0.261 e. The third-order valence-corrected chi connectivity index (χ3v) is 6.49. The molecule has 1 fully saturated rings. The van der Waals surface area contributed by atoms with Crippen molar-refractivity contribution in [1.29, 1.82) is 0 Å². The largest absolute Gasteiger partial charge is 0.497 e. The van der Waals surface area contributed by atoms with Gasteiger partial charge in [0.2, 0.25) is 0 Å². The van der Waals surface area contributed by atoms with Crippen molar-refractivity contribution < 1.29 is 19.1 Å². The van der Waals surface area contributed by atoms with E-state index in [1.165, 1.54) is 7.11 Å². The highest BCUT2D eigenvalue weighted by Gasteiger charge is 2.22. The summed E-state index contributed by atoms with van der Waals surface area (Å²) < 4.78 is 10.5. The Bertz CT molecular complexity index is 1270. The molecule has 0 saturated carbocycles. The van der Waals surface area contributed by atoms with Crippen molar-refractivity contribution in [3.05, 3.63) is 83.4 Å². The Morgan fingerprint density at radius 3 is 2.16 bits per heavy atom. The van der Waals surface area contributed by atoms with E-state index >= 15 is 0 Å². The van der Waals surface area contributed by atoms with Crippen molar-refractivity contribution in [3.8, 4) is 11.5 Å². The van der Waals surface area contributed by atoms with E-state index in [-0.39, 0.29) is 16.9 Å². The molecule has 0 spiro atoms. The van der Waals surface area contributed by atoms with Gasteiger partial charge in [-0.1, -0.05) is 12.1 Å². The highest BCUT2D eigenvalue weighted by atomic mass is 32.1. The van der Waals surface area contributed by atoms with Crippen molar-refractivity contribution in [1.82, 2.24) is 10.2 Å². The fraction of sp³-hybridized carbons (Fsp3) is 0.250. The molecule has 0 bridgehead atoms. The smallest absolute Gasteiger partial charge is 0.261 e. The van der Waals surface area contributed by atoms with E-state index in [1.54, 1.807) is 43.5 Å². The Morgan fingerprint density at radius 2 is 1.54 bits per heavy atom. The summed E-state index contributed by atoms with van der Waals surface area (Å²) in [4.78, 5) is 29.6. The number of methoxy groups -OCH3 is 2. The summed E-state index contributed by atoms with van der Waals surface area (Å²) in [6.45, 7) is 4.64. The minimum atomic E-state index is -0.336. The molecule has 37 heavy (non-hydrogen) atoms. The zero-order valence-electron chi connectivity index (χ0n) is 21.1. The molecule has 0 aliphatic carbocycles. The van der Waals surface area contributed by atoms with Crippen LogP contribution in [0.1, 0.15) is 26.3 Å². The van der Waals surface area contributed by atoms with Gasteiger partial charge >= 0.3 is 0 Å². The number of carbonyl (C=O) groups excluding carboxylic acids is 2. The number of hydrogen-bond donors (Lipinski definition) is 2. The zero-order chi connectivity index (χ0) is 26.4. The molecule has 0 unspecified atom stereocenters. The van der Waals surface area contributed by atoms with Crippen LogP contribution in [0.3, 0.4) is 0 Å². The van der Waals surface area contributed by atoms with Gasteiger partial charge in [-0.25, -0.2) is 0 Å². The minimum absolute atomic E-state index is 0.0284. The average Bonchev–Trinajstić information content (AvgIpc) is 2.93. The predicted molar refractivity (Wildman–Crippen MR) is 149 cm³/mol. The molecular weight excluding hydrogens is 488 g/mol. The SMILES string of the molecule is COc1ccc(C(=O)N2CCN(c3ccc(NC(=S)NC(=O)c4cccc(C)c4OC)cc3)CC2)cc1. The molecule has 3 aromatic carbocycles. The van der Waals surface area contributed by atoms with Crippen LogP contribution in [0.25, 0.3) is 0 Å². The molecule has 3 aromatic rings. The second kappa shape index (κ2) is 11.7. The van der Waals surface area contributed by atoms with E-state index in [9.17, 15) is 9.59 Å². The molecule has 1 heterocycles. The fourth-order valence-corrected chi connectivity index (χ4v) is 4.49. The number of para-hydroxylation sites is 1. The van der Waals surface area contributed by atoms with E-state index in [0.29, 0.717) is 30.0 Å². The Labute approximate surface area is 222 Å². The number of nitrogens with one attached hydrogen (secondary N) is 2. The maximum absolute atomic E-state index is 12.8.